The van der Waals surface area contributed by atoms with Gasteiger partial charge in [-0.15, -0.1) is 0 Å². The van der Waals surface area contributed by atoms with E-state index in [4.69, 9.17) is 0 Å². The van der Waals surface area contributed by atoms with Gasteiger partial charge in [0.15, 0.2) is 0 Å². The Morgan fingerprint density at radius 3 is 3.20 bits per heavy atom. The topological polar surface area (TPSA) is 42.0 Å². The van der Waals surface area contributed by atoms with Crippen LogP contribution >= 0.6 is 15.9 Å². The van der Waals surface area contributed by atoms with Crippen molar-refractivity contribution in [3.8, 4) is 0 Å². The molecule has 2 rings (SSSR count). The summed E-state index contributed by atoms with van der Waals surface area (Å²) in [4.78, 5) is 15.5. The predicted molar refractivity (Wildman–Crippen MR) is 61.4 cm³/mol. The Kier molecular flexibility index (Phi) is 3.05. The lowest BCUT2D eigenvalue weighted by Crippen LogP contribution is -2.26. The van der Waals surface area contributed by atoms with Crippen molar-refractivity contribution in [3.63, 3.8) is 0 Å². The standard InChI is InChI=1S/C11H13BrN2O/c1-2-11(15)14-10-4-3-7-8(10)5-13-6-9(7)12/h5-6,10H,2-4H2,1H3,(H,14,15). The first kappa shape index (κ1) is 10.6. The predicted octanol–water partition coefficient (Wildman–Crippen LogP) is 2.36. The average Bonchev–Trinajstić information content (AvgIpc) is 2.63. The molecule has 1 aromatic rings. The van der Waals surface area contributed by atoms with E-state index in [-0.39, 0.29) is 11.9 Å². The van der Waals surface area contributed by atoms with Crippen LogP contribution in [0.4, 0.5) is 0 Å². The smallest absolute Gasteiger partial charge is 0.220 e. The Bertz CT molecular complexity index is 392. The van der Waals surface area contributed by atoms with Crippen LogP contribution in [0.25, 0.3) is 0 Å². The highest BCUT2D eigenvalue weighted by atomic mass is 79.9. The number of rotatable bonds is 2. The Hall–Kier alpha value is -0.900. The van der Waals surface area contributed by atoms with Gasteiger partial charge in [0.25, 0.3) is 0 Å². The number of hydrogen-bond acceptors (Lipinski definition) is 2. The van der Waals surface area contributed by atoms with E-state index < -0.39 is 0 Å². The molecule has 1 heterocycles. The van der Waals surface area contributed by atoms with Crippen LogP contribution < -0.4 is 5.32 Å². The van der Waals surface area contributed by atoms with Gasteiger partial charge in [-0.2, -0.15) is 0 Å². The summed E-state index contributed by atoms with van der Waals surface area (Å²) < 4.78 is 1.05. The van der Waals surface area contributed by atoms with Crippen molar-refractivity contribution in [2.45, 2.75) is 32.2 Å². The molecular weight excluding hydrogens is 256 g/mol. The summed E-state index contributed by atoms with van der Waals surface area (Å²) in [5, 5.41) is 3.01. The second-order valence-electron chi connectivity index (χ2n) is 3.70. The Morgan fingerprint density at radius 2 is 2.47 bits per heavy atom. The van der Waals surface area contributed by atoms with Crippen LogP contribution in [0.5, 0.6) is 0 Å². The Labute approximate surface area is 97.4 Å². The maximum atomic E-state index is 11.3. The summed E-state index contributed by atoms with van der Waals surface area (Å²) in [6, 6.07) is 0.150. The Balaban J connectivity index is 2.21. The second-order valence-corrected chi connectivity index (χ2v) is 4.56. The molecule has 1 aromatic heterocycles. The summed E-state index contributed by atoms with van der Waals surface area (Å²) in [5.41, 5.74) is 2.44. The van der Waals surface area contributed by atoms with Gasteiger partial charge in [0.2, 0.25) is 5.91 Å². The van der Waals surface area contributed by atoms with Crippen molar-refractivity contribution >= 4 is 21.8 Å². The third kappa shape index (κ3) is 2.04. The fraction of sp³-hybridized carbons (Fsp3) is 0.455. The van der Waals surface area contributed by atoms with Gasteiger partial charge in [-0.25, -0.2) is 0 Å². The minimum Gasteiger partial charge on any atom is -0.349 e. The number of fused-ring (bicyclic) bond motifs is 1. The van der Waals surface area contributed by atoms with E-state index in [9.17, 15) is 4.79 Å². The van der Waals surface area contributed by atoms with E-state index in [2.05, 4.69) is 26.2 Å². The van der Waals surface area contributed by atoms with Crippen molar-refractivity contribution in [2.24, 2.45) is 0 Å². The third-order valence-corrected chi connectivity index (χ3v) is 3.44. The first-order valence-electron chi connectivity index (χ1n) is 5.14. The van der Waals surface area contributed by atoms with Gasteiger partial charge in [0, 0.05) is 23.3 Å². The molecule has 0 aromatic carbocycles. The molecule has 0 spiro atoms. The number of nitrogens with one attached hydrogen (secondary N) is 1. The van der Waals surface area contributed by atoms with E-state index in [1.807, 2.05) is 19.3 Å². The molecule has 4 heteroatoms. The summed E-state index contributed by atoms with van der Waals surface area (Å²) in [7, 11) is 0. The van der Waals surface area contributed by atoms with Crippen LogP contribution in [-0.2, 0) is 11.2 Å². The molecule has 1 amide bonds. The first-order chi connectivity index (χ1) is 7.22. The van der Waals surface area contributed by atoms with E-state index in [1.54, 1.807) is 0 Å². The van der Waals surface area contributed by atoms with E-state index in [0.29, 0.717) is 6.42 Å². The maximum absolute atomic E-state index is 11.3. The lowest BCUT2D eigenvalue weighted by molar-refractivity contribution is -0.121. The monoisotopic (exact) mass is 268 g/mol. The minimum absolute atomic E-state index is 0.104. The average molecular weight is 269 g/mol. The minimum atomic E-state index is 0.104. The van der Waals surface area contributed by atoms with E-state index >= 15 is 0 Å². The van der Waals surface area contributed by atoms with Crippen molar-refractivity contribution in [1.82, 2.24) is 10.3 Å². The van der Waals surface area contributed by atoms with Gasteiger partial charge < -0.3 is 5.32 Å². The van der Waals surface area contributed by atoms with Crippen LogP contribution in [0.3, 0.4) is 0 Å². The van der Waals surface area contributed by atoms with Crippen LogP contribution in [0, 0.1) is 0 Å². The summed E-state index contributed by atoms with van der Waals surface area (Å²) >= 11 is 3.48. The van der Waals surface area contributed by atoms with Gasteiger partial charge in [-0.3, -0.25) is 9.78 Å². The zero-order chi connectivity index (χ0) is 10.8. The van der Waals surface area contributed by atoms with Crippen molar-refractivity contribution in [2.75, 3.05) is 0 Å². The number of carbonyl (C=O) groups is 1. The largest absolute Gasteiger partial charge is 0.349 e. The highest BCUT2D eigenvalue weighted by Gasteiger charge is 2.25. The highest BCUT2D eigenvalue weighted by molar-refractivity contribution is 9.10. The maximum Gasteiger partial charge on any atom is 0.220 e. The lowest BCUT2D eigenvalue weighted by Gasteiger charge is -2.12. The Morgan fingerprint density at radius 1 is 1.67 bits per heavy atom. The molecule has 1 unspecified atom stereocenters. The molecule has 0 saturated carbocycles. The molecule has 1 N–H and O–H groups in total. The SMILES string of the molecule is CCC(=O)NC1CCc2c(Br)cncc21. The highest BCUT2D eigenvalue weighted by Crippen LogP contribution is 2.34. The first-order valence-corrected chi connectivity index (χ1v) is 5.93. The lowest BCUT2D eigenvalue weighted by atomic mass is 10.1. The molecular formula is C11H13BrN2O. The summed E-state index contributed by atoms with van der Waals surface area (Å²) in [6.45, 7) is 1.87. The molecule has 80 valence electrons. The third-order valence-electron chi connectivity index (χ3n) is 2.75. The number of pyridine rings is 1. The fourth-order valence-corrected chi connectivity index (χ4v) is 2.48. The number of carbonyl (C=O) groups excluding carboxylic acids is 1. The van der Waals surface area contributed by atoms with Gasteiger partial charge in [0.05, 0.1) is 6.04 Å². The summed E-state index contributed by atoms with van der Waals surface area (Å²) in [5.74, 6) is 0.104. The number of amides is 1. The number of hydrogen-bond donors (Lipinski definition) is 1. The van der Waals surface area contributed by atoms with Crippen LogP contribution in [0.15, 0.2) is 16.9 Å². The molecule has 0 bridgehead atoms. The zero-order valence-electron chi connectivity index (χ0n) is 8.59. The molecule has 0 radical (unpaired) electrons. The molecule has 0 fully saturated rings. The molecule has 0 aliphatic heterocycles. The van der Waals surface area contributed by atoms with Crippen molar-refractivity contribution in [3.05, 3.63) is 28.0 Å². The fourth-order valence-electron chi connectivity index (χ4n) is 1.93. The number of aromatic nitrogens is 1. The van der Waals surface area contributed by atoms with Crippen molar-refractivity contribution in [1.29, 1.82) is 0 Å². The van der Waals surface area contributed by atoms with Gasteiger partial charge >= 0.3 is 0 Å². The van der Waals surface area contributed by atoms with Gasteiger partial charge in [-0.1, -0.05) is 6.92 Å². The van der Waals surface area contributed by atoms with Crippen LogP contribution in [0.2, 0.25) is 0 Å². The second kappa shape index (κ2) is 4.31. The molecule has 3 nitrogen and oxygen atoms in total. The molecule has 1 atom stereocenters. The molecule has 1 aliphatic rings. The van der Waals surface area contributed by atoms with Gasteiger partial charge in [-0.05, 0) is 39.9 Å². The number of nitrogens with zero attached hydrogens (tertiary/aromatic N) is 1. The molecule has 0 saturated heterocycles. The molecule has 15 heavy (non-hydrogen) atoms. The van der Waals surface area contributed by atoms with Crippen molar-refractivity contribution < 1.29 is 4.79 Å². The van der Waals surface area contributed by atoms with E-state index in [0.717, 1.165) is 22.9 Å². The van der Waals surface area contributed by atoms with Crippen LogP contribution in [0.1, 0.15) is 36.9 Å². The number of halogens is 1. The quantitative estimate of drug-likeness (QED) is 0.895. The normalized spacial score (nSPS) is 18.7. The zero-order valence-corrected chi connectivity index (χ0v) is 10.2. The van der Waals surface area contributed by atoms with E-state index in [1.165, 1.54) is 5.56 Å². The summed E-state index contributed by atoms with van der Waals surface area (Å²) in [6.07, 6.45) is 6.18. The molecule has 1 aliphatic carbocycles. The van der Waals surface area contributed by atoms with Crippen LogP contribution in [-0.4, -0.2) is 10.9 Å². The van der Waals surface area contributed by atoms with Gasteiger partial charge in [0.1, 0.15) is 0 Å².